The zero-order chi connectivity index (χ0) is 13.7. The first-order valence-electron chi connectivity index (χ1n) is 6.75. The third kappa shape index (κ3) is 4.20. The van der Waals surface area contributed by atoms with Crippen molar-refractivity contribution in [3.63, 3.8) is 0 Å². The average molecular weight is 327 g/mol. The molecule has 1 aromatic rings. The topological polar surface area (TPSA) is 42.4 Å². The SMILES string of the molecule is CCCCC(=O)N1CCC(Oc2ccc(Br)cn2)C1. The van der Waals surface area contributed by atoms with Crippen molar-refractivity contribution < 1.29 is 9.53 Å². The van der Waals surface area contributed by atoms with Crippen LogP contribution in [0, 0.1) is 0 Å². The van der Waals surface area contributed by atoms with Gasteiger partial charge in [-0.15, -0.1) is 0 Å². The summed E-state index contributed by atoms with van der Waals surface area (Å²) in [5.74, 6) is 0.868. The third-order valence-corrected chi connectivity index (χ3v) is 3.70. The molecule has 1 fully saturated rings. The maximum Gasteiger partial charge on any atom is 0.222 e. The van der Waals surface area contributed by atoms with Gasteiger partial charge >= 0.3 is 0 Å². The van der Waals surface area contributed by atoms with E-state index in [1.165, 1.54) is 0 Å². The van der Waals surface area contributed by atoms with Crippen molar-refractivity contribution in [1.82, 2.24) is 9.88 Å². The molecule has 1 aliphatic heterocycles. The maximum absolute atomic E-state index is 11.9. The lowest BCUT2D eigenvalue weighted by atomic mass is 10.2. The fourth-order valence-electron chi connectivity index (χ4n) is 2.14. The Morgan fingerprint density at radius 2 is 2.42 bits per heavy atom. The second-order valence-corrected chi connectivity index (χ2v) is 5.70. The number of carbonyl (C=O) groups excluding carboxylic acids is 1. The van der Waals surface area contributed by atoms with Crippen LogP contribution in [0.2, 0.25) is 0 Å². The highest BCUT2D eigenvalue weighted by atomic mass is 79.9. The van der Waals surface area contributed by atoms with Crippen LogP contribution in [0.15, 0.2) is 22.8 Å². The van der Waals surface area contributed by atoms with Gasteiger partial charge in [-0.05, 0) is 28.4 Å². The van der Waals surface area contributed by atoms with Gasteiger partial charge in [0.05, 0.1) is 6.54 Å². The molecule has 0 spiro atoms. The lowest BCUT2D eigenvalue weighted by Crippen LogP contribution is -2.30. The average Bonchev–Trinajstić information content (AvgIpc) is 2.87. The number of hydrogen-bond donors (Lipinski definition) is 0. The van der Waals surface area contributed by atoms with Crippen LogP contribution in [0.4, 0.5) is 0 Å². The van der Waals surface area contributed by atoms with E-state index in [4.69, 9.17) is 4.74 Å². The van der Waals surface area contributed by atoms with E-state index in [-0.39, 0.29) is 12.0 Å². The Morgan fingerprint density at radius 1 is 1.58 bits per heavy atom. The van der Waals surface area contributed by atoms with Gasteiger partial charge in [-0.2, -0.15) is 0 Å². The molecule has 4 nitrogen and oxygen atoms in total. The molecule has 19 heavy (non-hydrogen) atoms. The second kappa shape index (κ2) is 6.89. The van der Waals surface area contributed by atoms with Crippen molar-refractivity contribution in [3.8, 4) is 5.88 Å². The molecule has 0 bridgehead atoms. The molecule has 2 heterocycles. The van der Waals surface area contributed by atoms with Crippen LogP contribution in [-0.4, -0.2) is 35.0 Å². The molecule has 5 heteroatoms. The first-order valence-corrected chi connectivity index (χ1v) is 7.54. The Labute approximate surface area is 122 Å². The number of halogens is 1. The zero-order valence-electron chi connectivity index (χ0n) is 11.1. The van der Waals surface area contributed by atoms with Crippen LogP contribution in [0.5, 0.6) is 5.88 Å². The minimum absolute atomic E-state index is 0.0688. The van der Waals surface area contributed by atoms with E-state index >= 15 is 0 Å². The lowest BCUT2D eigenvalue weighted by Gasteiger charge is -2.16. The minimum Gasteiger partial charge on any atom is -0.472 e. The van der Waals surface area contributed by atoms with Crippen molar-refractivity contribution in [2.75, 3.05) is 13.1 Å². The molecular formula is C14H19BrN2O2. The zero-order valence-corrected chi connectivity index (χ0v) is 12.7. The van der Waals surface area contributed by atoms with E-state index < -0.39 is 0 Å². The standard InChI is InChI=1S/C14H19BrN2O2/c1-2-3-4-14(18)17-8-7-12(10-17)19-13-6-5-11(15)9-16-13/h5-6,9,12H,2-4,7-8,10H2,1H3. The number of amides is 1. The van der Waals surface area contributed by atoms with E-state index in [1.807, 2.05) is 17.0 Å². The molecule has 2 rings (SSSR count). The summed E-state index contributed by atoms with van der Waals surface area (Å²) in [4.78, 5) is 18.0. The summed E-state index contributed by atoms with van der Waals surface area (Å²) in [6, 6.07) is 3.74. The Balaban J connectivity index is 1.81. The number of carbonyl (C=O) groups is 1. The fraction of sp³-hybridized carbons (Fsp3) is 0.571. The summed E-state index contributed by atoms with van der Waals surface area (Å²) in [6.07, 6.45) is 5.35. The van der Waals surface area contributed by atoms with Crippen LogP contribution in [0.25, 0.3) is 0 Å². The van der Waals surface area contributed by atoms with Crippen molar-refractivity contribution in [2.45, 2.75) is 38.7 Å². The molecule has 0 radical (unpaired) electrons. The Morgan fingerprint density at radius 3 is 3.11 bits per heavy atom. The molecule has 104 valence electrons. The molecule has 0 N–H and O–H groups in total. The lowest BCUT2D eigenvalue weighted by molar-refractivity contribution is -0.130. The van der Waals surface area contributed by atoms with E-state index in [0.717, 1.165) is 30.3 Å². The highest BCUT2D eigenvalue weighted by Crippen LogP contribution is 2.19. The first kappa shape index (κ1) is 14.3. The number of nitrogens with zero attached hydrogens (tertiary/aromatic N) is 2. The molecule has 1 atom stereocenters. The second-order valence-electron chi connectivity index (χ2n) is 4.79. The molecule has 1 unspecified atom stereocenters. The highest BCUT2D eigenvalue weighted by molar-refractivity contribution is 9.10. The summed E-state index contributed by atoms with van der Waals surface area (Å²) < 4.78 is 6.72. The number of ether oxygens (including phenoxy) is 1. The molecular weight excluding hydrogens is 308 g/mol. The van der Waals surface area contributed by atoms with Gasteiger partial charge in [0, 0.05) is 36.1 Å². The van der Waals surface area contributed by atoms with Gasteiger partial charge in [-0.3, -0.25) is 4.79 Å². The van der Waals surface area contributed by atoms with Gasteiger partial charge in [0.15, 0.2) is 0 Å². The summed E-state index contributed by atoms with van der Waals surface area (Å²) in [6.45, 7) is 3.58. The van der Waals surface area contributed by atoms with Gasteiger partial charge in [-0.1, -0.05) is 13.3 Å². The molecule has 1 aromatic heterocycles. The quantitative estimate of drug-likeness (QED) is 0.835. The van der Waals surface area contributed by atoms with E-state index in [1.54, 1.807) is 6.20 Å². The van der Waals surface area contributed by atoms with Crippen LogP contribution >= 0.6 is 15.9 Å². The third-order valence-electron chi connectivity index (χ3n) is 3.23. The number of likely N-dealkylation sites (tertiary alicyclic amines) is 1. The Kier molecular flexibility index (Phi) is 5.19. The Bertz CT molecular complexity index is 422. The molecule has 1 saturated heterocycles. The van der Waals surface area contributed by atoms with E-state index in [0.29, 0.717) is 18.8 Å². The van der Waals surface area contributed by atoms with Gasteiger partial charge in [0.25, 0.3) is 0 Å². The number of hydrogen-bond acceptors (Lipinski definition) is 3. The molecule has 0 aromatic carbocycles. The van der Waals surface area contributed by atoms with Crippen LogP contribution in [0.3, 0.4) is 0 Å². The normalized spacial score (nSPS) is 18.6. The van der Waals surface area contributed by atoms with E-state index in [2.05, 4.69) is 27.8 Å². The summed E-state index contributed by atoms with van der Waals surface area (Å²) in [5.41, 5.74) is 0. The van der Waals surface area contributed by atoms with Crippen LogP contribution in [-0.2, 0) is 4.79 Å². The summed E-state index contributed by atoms with van der Waals surface area (Å²) in [5, 5.41) is 0. The number of pyridine rings is 1. The monoisotopic (exact) mass is 326 g/mol. The van der Waals surface area contributed by atoms with Crippen molar-refractivity contribution in [2.24, 2.45) is 0 Å². The maximum atomic E-state index is 11.9. The molecule has 0 aliphatic carbocycles. The largest absolute Gasteiger partial charge is 0.472 e. The summed E-state index contributed by atoms with van der Waals surface area (Å²) in [7, 11) is 0. The smallest absolute Gasteiger partial charge is 0.222 e. The minimum atomic E-state index is 0.0688. The fourth-order valence-corrected chi connectivity index (χ4v) is 2.37. The van der Waals surface area contributed by atoms with Crippen molar-refractivity contribution in [1.29, 1.82) is 0 Å². The van der Waals surface area contributed by atoms with Gasteiger partial charge in [-0.25, -0.2) is 4.98 Å². The first-order chi connectivity index (χ1) is 9.19. The van der Waals surface area contributed by atoms with Crippen LogP contribution < -0.4 is 4.74 Å². The molecule has 0 saturated carbocycles. The number of unbranched alkanes of at least 4 members (excludes halogenated alkanes) is 1. The molecule has 1 amide bonds. The van der Waals surface area contributed by atoms with Gasteiger partial charge < -0.3 is 9.64 Å². The van der Waals surface area contributed by atoms with Crippen molar-refractivity contribution >= 4 is 21.8 Å². The van der Waals surface area contributed by atoms with Crippen molar-refractivity contribution in [3.05, 3.63) is 22.8 Å². The van der Waals surface area contributed by atoms with Crippen LogP contribution in [0.1, 0.15) is 32.6 Å². The van der Waals surface area contributed by atoms with Gasteiger partial charge in [0.2, 0.25) is 11.8 Å². The number of rotatable bonds is 5. The Hall–Kier alpha value is -1.10. The predicted octanol–water partition coefficient (Wildman–Crippen LogP) is 3.01. The highest BCUT2D eigenvalue weighted by Gasteiger charge is 2.27. The van der Waals surface area contributed by atoms with E-state index in [9.17, 15) is 4.79 Å². The predicted molar refractivity (Wildman–Crippen MR) is 77.1 cm³/mol. The van der Waals surface area contributed by atoms with Gasteiger partial charge in [0.1, 0.15) is 6.10 Å². The summed E-state index contributed by atoms with van der Waals surface area (Å²) >= 11 is 3.34. The molecule has 1 aliphatic rings. The number of aromatic nitrogens is 1.